The number of thioether (sulfide) groups is 1. The molecule has 1 aromatic carbocycles. The molecule has 0 unspecified atom stereocenters. The molecule has 5 heteroatoms. The Morgan fingerprint density at radius 3 is 2.55 bits per heavy atom. The molecule has 1 N–H and O–H groups in total. The van der Waals surface area contributed by atoms with E-state index < -0.39 is 0 Å². The standard InChI is InChI=1S/C15H20N4S/c1-16-13-11-14(20-10-9-19(2)3)18-15(17-13)12-7-5-4-6-8-12/h4-8,11H,9-10H2,1-3H3,(H,16,17,18). The summed E-state index contributed by atoms with van der Waals surface area (Å²) in [6.07, 6.45) is 0. The van der Waals surface area contributed by atoms with Crippen LogP contribution in [0.4, 0.5) is 5.82 Å². The second-order valence-corrected chi connectivity index (χ2v) is 5.80. The van der Waals surface area contributed by atoms with Gasteiger partial charge in [0.1, 0.15) is 10.8 Å². The van der Waals surface area contributed by atoms with Gasteiger partial charge in [0.2, 0.25) is 0 Å². The summed E-state index contributed by atoms with van der Waals surface area (Å²) in [7, 11) is 6.04. The summed E-state index contributed by atoms with van der Waals surface area (Å²) < 4.78 is 0. The fraction of sp³-hybridized carbons (Fsp3) is 0.333. The first kappa shape index (κ1) is 14.8. The molecule has 0 saturated carbocycles. The van der Waals surface area contributed by atoms with Crippen LogP contribution in [0.3, 0.4) is 0 Å². The van der Waals surface area contributed by atoms with E-state index >= 15 is 0 Å². The number of benzene rings is 1. The van der Waals surface area contributed by atoms with Crippen LogP contribution in [0, 0.1) is 0 Å². The van der Waals surface area contributed by atoms with E-state index in [1.54, 1.807) is 11.8 Å². The summed E-state index contributed by atoms with van der Waals surface area (Å²) in [5, 5.41) is 4.11. The van der Waals surface area contributed by atoms with Crippen LogP contribution >= 0.6 is 11.8 Å². The fourth-order valence-corrected chi connectivity index (χ4v) is 2.69. The molecule has 1 aromatic heterocycles. The third-order valence-corrected chi connectivity index (χ3v) is 3.67. The van der Waals surface area contributed by atoms with Gasteiger partial charge in [0, 0.05) is 31.0 Å². The zero-order valence-corrected chi connectivity index (χ0v) is 12.9. The highest BCUT2D eigenvalue weighted by atomic mass is 32.2. The van der Waals surface area contributed by atoms with Crippen LogP contribution in [0.2, 0.25) is 0 Å². The first-order chi connectivity index (χ1) is 9.69. The Morgan fingerprint density at radius 1 is 1.15 bits per heavy atom. The Kier molecular flexibility index (Phi) is 5.38. The minimum Gasteiger partial charge on any atom is -0.373 e. The molecule has 2 aromatic rings. The Balaban J connectivity index is 2.20. The lowest BCUT2D eigenvalue weighted by Gasteiger charge is -2.10. The summed E-state index contributed by atoms with van der Waals surface area (Å²) in [6.45, 7) is 1.03. The van der Waals surface area contributed by atoms with Gasteiger partial charge in [0.05, 0.1) is 0 Å². The van der Waals surface area contributed by atoms with Crippen molar-refractivity contribution in [1.29, 1.82) is 0 Å². The lowest BCUT2D eigenvalue weighted by Crippen LogP contribution is -2.14. The van der Waals surface area contributed by atoms with Crippen molar-refractivity contribution < 1.29 is 0 Å². The molecule has 4 nitrogen and oxygen atoms in total. The largest absolute Gasteiger partial charge is 0.373 e. The molecule has 0 bridgehead atoms. The number of rotatable bonds is 6. The molecule has 0 amide bonds. The third-order valence-electron chi connectivity index (χ3n) is 2.78. The molecule has 20 heavy (non-hydrogen) atoms. The maximum absolute atomic E-state index is 4.64. The molecule has 0 aliphatic carbocycles. The van der Waals surface area contributed by atoms with E-state index in [9.17, 15) is 0 Å². The third kappa shape index (κ3) is 4.21. The smallest absolute Gasteiger partial charge is 0.162 e. The van der Waals surface area contributed by atoms with Crippen molar-refractivity contribution in [2.75, 3.05) is 38.8 Å². The lowest BCUT2D eigenvalue weighted by molar-refractivity contribution is 0.437. The van der Waals surface area contributed by atoms with Crippen LogP contribution in [0.25, 0.3) is 11.4 Å². The van der Waals surface area contributed by atoms with Crippen molar-refractivity contribution in [2.45, 2.75) is 5.03 Å². The summed E-state index contributed by atoms with van der Waals surface area (Å²) in [4.78, 5) is 11.3. The fourth-order valence-electron chi connectivity index (χ4n) is 1.68. The minimum atomic E-state index is 0.768. The summed E-state index contributed by atoms with van der Waals surface area (Å²) in [6, 6.07) is 12.1. The summed E-state index contributed by atoms with van der Waals surface area (Å²) in [5.74, 6) is 2.64. The van der Waals surface area contributed by atoms with Gasteiger partial charge in [-0.15, -0.1) is 11.8 Å². The molecular formula is C15H20N4S. The lowest BCUT2D eigenvalue weighted by atomic mass is 10.2. The number of nitrogens with one attached hydrogen (secondary N) is 1. The maximum atomic E-state index is 4.64. The normalized spacial score (nSPS) is 10.8. The van der Waals surface area contributed by atoms with E-state index in [2.05, 4.69) is 34.3 Å². The van der Waals surface area contributed by atoms with Crippen molar-refractivity contribution in [3.8, 4) is 11.4 Å². The highest BCUT2D eigenvalue weighted by Gasteiger charge is 2.06. The molecule has 0 aliphatic rings. The van der Waals surface area contributed by atoms with Gasteiger partial charge >= 0.3 is 0 Å². The minimum absolute atomic E-state index is 0.768. The molecule has 0 spiro atoms. The van der Waals surface area contributed by atoms with Crippen LogP contribution in [-0.2, 0) is 0 Å². The van der Waals surface area contributed by atoms with Crippen molar-refractivity contribution >= 4 is 17.6 Å². The highest BCUT2D eigenvalue weighted by Crippen LogP contribution is 2.23. The van der Waals surface area contributed by atoms with Crippen molar-refractivity contribution in [1.82, 2.24) is 14.9 Å². The number of anilines is 1. The van der Waals surface area contributed by atoms with E-state index in [-0.39, 0.29) is 0 Å². The van der Waals surface area contributed by atoms with Crippen LogP contribution in [0.5, 0.6) is 0 Å². The SMILES string of the molecule is CNc1cc(SCCN(C)C)nc(-c2ccccc2)n1. The van der Waals surface area contributed by atoms with Crippen molar-refractivity contribution in [3.05, 3.63) is 36.4 Å². The second-order valence-electron chi connectivity index (χ2n) is 4.68. The molecule has 106 valence electrons. The molecule has 2 rings (SSSR count). The molecule has 0 radical (unpaired) electrons. The van der Waals surface area contributed by atoms with Crippen molar-refractivity contribution in [2.24, 2.45) is 0 Å². The Morgan fingerprint density at radius 2 is 1.90 bits per heavy atom. The monoisotopic (exact) mass is 288 g/mol. The zero-order valence-electron chi connectivity index (χ0n) is 12.1. The average Bonchev–Trinajstić information content (AvgIpc) is 2.47. The van der Waals surface area contributed by atoms with Crippen LogP contribution < -0.4 is 5.32 Å². The predicted octanol–water partition coefficient (Wildman–Crippen LogP) is 2.84. The maximum Gasteiger partial charge on any atom is 0.162 e. The predicted molar refractivity (Wildman–Crippen MR) is 86.3 cm³/mol. The van der Waals surface area contributed by atoms with E-state index in [1.165, 1.54) is 0 Å². The molecule has 0 atom stereocenters. The van der Waals surface area contributed by atoms with Gasteiger partial charge < -0.3 is 10.2 Å². The van der Waals surface area contributed by atoms with Gasteiger partial charge in [-0.3, -0.25) is 0 Å². The first-order valence-corrected chi connectivity index (χ1v) is 7.57. The van der Waals surface area contributed by atoms with Crippen LogP contribution in [0.1, 0.15) is 0 Å². The number of aromatic nitrogens is 2. The van der Waals surface area contributed by atoms with Crippen molar-refractivity contribution in [3.63, 3.8) is 0 Å². The average molecular weight is 288 g/mol. The number of hydrogen-bond donors (Lipinski definition) is 1. The Bertz CT molecular complexity index is 543. The molecular weight excluding hydrogens is 268 g/mol. The van der Waals surface area contributed by atoms with Gasteiger partial charge in [-0.05, 0) is 14.1 Å². The van der Waals surface area contributed by atoms with Crippen LogP contribution in [-0.4, -0.2) is 48.3 Å². The first-order valence-electron chi connectivity index (χ1n) is 6.59. The summed E-state index contributed by atoms with van der Waals surface area (Å²) >= 11 is 1.75. The number of hydrogen-bond acceptors (Lipinski definition) is 5. The van der Waals surface area contributed by atoms with E-state index in [0.29, 0.717) is 0 Å². The summed E-state index contributed by atoms with van der Waals surface area (Å²) in [5.41, 5.74) is 1.04. The zero-order chi connectivity index (χ0) is 14.4. The highest BCUT2D eigenvalue weighted by molar-refractivity contribution is 7.99. The number of nitrogens with zero attached hydrogens (tertiary/aromatic N) is 3. The second kappa shape index (κ2) is 7.26. The molecule has 0 aliphatic heterocycles. The Hall–Kier alpha value is -1.59. The van der Waals surface area contributed by atoms with E-state index in [0.717, 1.165) is 34.5 Å². The molecule has 0 saturated heterocycles. The van der Waals surface area contributed by atoms with Gasteiger partial charge in [-0.25, -0.2) is 9.97 Å². The van der Waals surface area contributed by atoms with Crippen LogP contribution in [0.15, 0.2) is 41.4 Å². The van der Waals surface area contributed by atoms with Gasteiger partial charge in [0.15, 0.2) is 5.82 Å². The molecule has 0 fully saturated rings. The van der Waals surface area contributed by atoms with Gasteiger partial charge in [-0.2, -0.15) is 0 Å². The quantitative estimate of drug-likeness (QED) is 0.654. The van der Waals surface area contributed by atoms with E-state index in [1.807, 2.05) is 43.4 Å². The van der Waals surface area contributed by atoms with Gasteiger partial charge in [0.25, 0.3) is 0 Å². The Labute approximate surface area is 124 Å². The van der Waals surface area contributed by atoms with E-state index in [4.69, 9.17) is 0 Å². The molecule has 1 heterocycles. The van der Waals surface area contributed by atoms with Gasteiger partial charge in [-0.1, -0.05) is 30.3 Å². The topological polar surface area (TPSA) is 41.0 Å².